The van der Waals surface area contributed by atoms with Gasteiger partial charge in [0.05, 0.1) is 19.4 Å². The molecule has 0 aliphatic carbocycles. The molecule has 98 valence electrons. The number of hydrogen-bond acceptors (Lipinski definition) is 3. The van der Waals surface area contributed by atoms with Crippen molar-refractivity contribution in [2.75, 3.05) is 26.7 Å². The van der Waals surface area contributed by atoms with E-state index in [9.17, 15) is 4.79 Å². The van der Waals surface area contributed by atoms with Gasteiger partial charge in [0.15, 0.2) is 0 Å². The summed E-state index contributed by atoms with van der Waals surface area (Å²) in [5, 5.41) is 0. The second-order valence-electron chi connectivity index (χ2n) is 4.10. The minimum absolute atomic E-state index is 0.0510. The van der Waals surface area contributed by atoms with E-state index in [-0.39, 0.29) is 5.91 Å². The Labute approximate surface area is 108 Å². The summed E-state index contributed by atoms with van der Waals surface area (Å²) in [6.45, 7) is 9.55. The van der Waals surface area contributed by atoms with Gasteiger partial charge >= 0.3 is 0 Å². The predicted molar refractivity (Wildman–Crippen MR) is 72.0 cm³/mol. The van der Waals surface area contributed by atoms with E-state index in [0.29, 0.717) is 26.2 Å². The van der Waals surface area contributed by atoms with Gasteiger partial charge in [-0.2, -0.15) is 0 Å². The highest BCUT2D eigenvalue weighted by molar-refractivity contribution is 5.77. The van der Waals surface area contributed by atoms with Crippen LogP contribution in [0.3, 0.4) is 0 Å². The van der Waals surface area contributed by atoms with Gasteiger partial charge in [-0.1, -0.05) is 12.2 Å². The van der Waals surface area contributed by atoms with E-state index in [1.165, 1.54) is 0 Å². The Hall–Kier alpha value is -1.81. The van der Waals surface area contributed by atoms with Crippen LogP contribution in [0.5, 0.6) is 0 Å². The van der Waals surface area contributed by atoms with Crippen molar-refractivity contribution in [3.63, 3.8) is 0 Å². The molecule has 0 radical (unpaired) electrons. The molecule has 1 heterocycles. The minimum atomic E-state index is 0.0510. The number of amides is 1. The first-order valence-corrected chi connectivity index (χ1v) is 5.88. The van der Waals surface area contributed by atoms with Crippen molar-refractivity contribution in [2.24, 2.45) is 0 Å². The number of rotatable bonds is 8. The second-order valence-corrected chi connectivity index (χ2v) is 4.10. The molecule has 0 N–H and O–H groups in total. The molecule has 18 heavy (non-hydrogen) atoms. The van der Waals surface area contributed by atoms with Crippen LogP contribution in [0.25, 0.3) is 0 Å². The Morgan fingerprint density at radius 1 is 1.39 bits per heavy atom. The van der Waals surface area contributed by atoms with Crippen molar-refractivity contribution in [2.45, 2.75) is 6.54 Å². The molecule has 0 aromatic carbocycles. The highest BCUT2D eigenvalue weighted by atomic mass is 16.3. The molecule has 1 amide bonds. The van der Waals surface area contributed by atoms with Gasteiger partial charge in [0.1, 0.15) is 5.76 Å². The molecule has 0 aliphatic heterocycles. The van der Waals surface area contributed by atoms with E-state index in [1.54, 1.807) is 30.4 Å². The Morgan fingerprint density at radius 2 is 2.06 bits per heavy atom. The molecule has 0 aliphatic rings. The van der Waals surface area contributed by atoms with Crippen LogP contribution in [-0.4, -0.2) is 42.4 Å². The summed E-state index contributed by atoms with van der Waals surface area (Å²) in [6.07, 6.45) is 5.17. The molecular formula is C14H20N2O2. The van der Waals surface area contributed by atoms with Crippen molar-refractivity contribution in [1.29, 1.82) is 0 Å². The van der Waals surface area contributed by atoms with Crippen LogP contribution in [0, 0.1) is 0 Å². The molecule has 1 aromatic heterocycles. The Kier molecular flexibility index (Phi) is 5.94. The van der Waals surface area contributed by atoms with Crippen molar-refractivity contribution >= 4 is 5.91 Å². The highest BCUT2D eigenvalue weighted by Crippen LogP contribution is 2.04. The maximum Gasteiger partial charge on any atom is 0.236 e. The van der Waals surface area contributed by atoms with Crippen LogP contribution < -0.4 is 0 Å². The molecule has 0 fully saturated rings. The van der Waals surface area contributed by atoms with E-state index in [0.717, 1.165) is 5.76 Å². The fourth-order valence-electron chi connectivity index (χ4n) is 1.61. The maximum atomic E-state index is 12.0. The standard InChI is InChI=1S/C14H20N2O2/c1-4-8-16(9-5-2)12-14(17)15(3)11-13-7-6-10-18-13/h4-7,10H,1-2,8-9,11-12H2,3H3. The Morgan fingerprint density at radius 3 is 2.56 bits per heavy atom. The second kappa shape index (κ2) is 7.50. The maximum absolute atomic E-state index is 12.0. The third kappa shape index (κ3) is 4.59. The normalized spacial score (nSPS) is 10.3. The summed E-state index contributed by atoms with van der Waals surface area (Å²) < 4.78 is 5.21. The van der Waals surface area contributed by atoms with Crippen LogP contribution >= 0.6 is 0 Å². The van der Waals surface area contributed by atoms with Crippen LogP contribution in [0.2, 0.25) is 0 Å². The molecule has 0 saturated carbocycles. The summed E-state index contributed by atoms with van der Waals surface area (Å²) in [4.78, 5) is 15.6. The van der Waals surface area contributed by atoms with E-state index < -0.39 is 0 Å². The lowest BCUT2D eigenvalue weighted by Crippen LogP contribution is -2.38. The fraction of sp³-hybridized carbons (Fsp3) is 0.357. The number of carbonyl (C=O) groups is 1. The number of hydrogen-bond donors (Lipinski definition) is 0. The average molecular weight is 248 g/mol. The first kappa shape index (κ1) is 14.3. The number of carbonyl (C=O) groups excluding carboxylic acids is 1. The minimum Gasteiger partial charge on any atom is -0.467 e. The number of nitrogens with zero attached hydrogens (tertiary/aromatic N) is 2. The van der Waals surface area contributed by atoms with Gasteiger partial charge in [-0.15, -0.1) is 13.2 Å². The Bertz CT molecular complexity index is 375. The van der Waals surface area contributed by atoms with Gasteiger partial charge in [-0.05, 0) is 12.1 Å². The van der Waals surface area contributed by atoms with Crippen LogP contribution in [0.4, 0.5) is 0 Å². The van der Waals surface area contributed by atoms with E-state index >= 15 is 0 Å². The number of likely N-dealkylation sites (N-methyl/N-ethyl adjacent to an activating group) is 1. The lowest BCUT2D eigenvalue weighted by molar-refractivity contribution is -0.131. The fourth-order valence-corrected chi connectivity index (χ4v) is 1.61. The van der Waals surface area contributed by atoms with E-state index in [2.05, 4.69) is 13.2 Å². The zero-order chi connectivity index (χ0) is 13.4. The molecule has 1 rings (SSSR count). The lowest BCUT2D eigenvalue weighted by Gasteiger charge is -2.22. The van der Waals surface area contributed by atoms with Gasteiger partial charge in [-0.3, -0.25) is 9.69 Å². The van der Waals surface area contributed by atoms with Crippen molar-refractivity contribution in [3.8, 4) is 0 Å². The zero-order valence-corrected chi connectivity index (χ0v) is 10.8. The summed E-state index contributed by atoms with van der Waals surface area (Å²) >= 11 is 0. The van der Waals surface area contributed by atoms with Gasteiger partial charge in [0.25, 0.3) is 0 Å². The molecule has 1 aromatic rings. The van der Waals surface area contributed by atoms with Crippen LogP contribution in [-0.2, 0) is 11.3 Å². The average Bonchev–Trinajstić information content (AvgIpc) is 2.82. The molecule has 4 heteroatoms. The van der Waals surface area contributed by atoms with Crippen LogP contribution in [0.1, 0.15) is 5.76 Å². The monoisotopic (exact) mass is 248 g/mol. The molecule has 0 saturated heterocycles. The highest BCUT2D eigenvalue weighted by Gasteiger charge is 2.13. The third-order valence-corrected chi connectivity index (χ3v) is 2.53. The topological polar surface area (TPSA) is 36.7 Å². The molecule has 0 unspecified atom stereocenters. The third-order valence-electron chi connectivity index (χ3n) is 2.53. The summed E-state index contributed by atoms with van der Waals surface area (Å²) in [5.41, 5.74) is 0. The van der Waals surface area contributed by atoms with Crippen molar-refractivity contribution < 1.29 is 9.21 Å². The SMILES string of the molecule is C=CCN(CC=C)CC(=O)N(C)Cc1ccco1. The molecule has 4 nitrogen and oxygen atoms in total. The first-order chi connectivity index (χ1) is 8.67. The largest absolute Gasteiger partial charge is 0.467 e. The van der Waals surface area contributed by atoms with E-state index in [1.807, 2.05) is 17.0 Å². The van der Waals surface area contributed by atoms with Gasteiger partial charge in [0.2, 0.25) is 5.91 Å². The van der Waals surface area contributed by atoms with Gasteiger partial charge in [0, 0.05) is 20.1 Å². The Balaban J connectivity index is 2.46. The summed E-state index contributed by atoms with van der Waals surface area (Å²) in [6, 6.07) is 3.67. The van der Waals surface area contributed by atoms with E-state index in [4.69, 9.17) is 4.42 Å². The first-order valence-electron chi connectivity index (χ1n) is 5.88. The zero-order valence-electron chi connectivity index (χ0n) is 10.8. The van der Waals surface area contributed by atoms with Crippen molar-refractivity contribution in [1.82, 2.24) is 9.80 Å². The lowest BCUT2D eigenvalue weighted by atomic mass is 10.3. The van der Waals surface area contributed by atoms with Crippen molar-refractivity contribution in [3.05, 3.63) is 49.5 Å². The quantitative estimate of drug-likeness (QED) is 0.659. The number of furan rings is 1. The smallest absolute Gasteiger partial charge is 0.236 e. The summed E-state index contributed by atoms with van der Waals surface area (Å²) in [7, 11) is 1.77. The summed E-state index contributed by atoms with van der Waals surface area (Å²) in [5.74, 6) is 0.833. The molecular weight excluding hydrogens is 228 g/mol. The predicted octanol–water partition coefficient (Wildman–Crippen LogP) is 1.91. The van der Waals surface area contributed by atoms with Gasteiger partial charge in [-0.25, -0.2) is 0 Å². The van der Waals surface area contributed by atoms with Gasteiger partial charge < -0.3 is 9.32 Å². The van der Waals surface area contributed by atoms with Crippen LogP contribution in [0.15, 0.2) is 48.1 Å². The molecule has 0 spiro atoms. The molecule has 0 bridgehead atoms. The molecule has 0 atom stereocenters.